The molecule has 1 atom stereocenters. The van der Waals surface area contributed by atoms with E-state index in [1.807, 2.05) is 31.2 Å². The first-order chi connectivity index (χ1) is 13.5. The Labute approximate surface area is 164 Å². The summed E-state index contributed by atoms with van der Waals surface area (Å²) in [5.41, 5.74) is 2.35. The first-order valence-electron chi connectivity index (χ1n) is 9.43. The van der Waals surface area contributed by atoms with Crippen LogP contribution in [0.5, 0.6) is 5.75 Å². The SMILES string of the molecule is COc1cc(C)n(CCNC(=O)c2ccc(N3CCC(OC)C3)cc2)c(=O)c1. The summed E-state index contributed by atoms with van der Waals surface area (Å²) in [6, 6.07) is 10.8. The molecule has 0 bridgehead atoms. The predicted octanol–water partition coefficient (Wildman–Crippen LogP) is 1.82. The molecule has 1 aromatic heterocycles. The van der Waals surface area contributed by atoms with E-state index in [0.717, 1.165) is 30.9 Å². The number of benzene rings is 1. The minimum absolute atomic E-state index is 0.143. The van der Waals surface area contributed by atoms with Crippen LogP contribution in [0.3, 0.4) is 0 Å². The van der Waals surface area contributed by atoms with Crippen molar-refractivity contribution in [3.8, 4) is 5.75 Å². The zero-order chi connectivity index (χ0) is 20.1. The van der Waals surface area contributed by atoms with Gasteiger partial charge in [0.2, 0.25) is 0 Å². The van der Waals surface area contributed by atoms with E-state index in [1.54, 1.807) is 17.7 Å². The van der Waals surface area contributed by atoms with Crippen molar-refractivity contribution >= 4 is 11.6 Å². The minimum Gasteiger partial charge on any atom is -0.496 e. The highest BCUT2D eigenvalue weighted by atomic mass is 16.5. The number of aromatic nitrogens is 1. The lowest BCUT2D eigenvalue weighted by Crippen LogP contribution is -2.31. The fourth-order valence-electron chi connectivity index (χ4n) is 3.47. The minimum atomic E-state index is -0.151. The molecule has 1 N–H and O–H groups in total. The summed E-state index contributed by atoms with van der Waals surface area (Å²) in [6.07, 6.45) is 1.29. The number of aryl methyl sites for hydroxylation is 1. The molecule has 0 spiro atoms. The monoisotopic (exact) mass is 385 g/mol. The quantitative estimate of drug-likeness (QED) is 0.787. The highest BCUT2D eigenvalue weighted by Crippen LogP contribution is 2.22. The molecular weight excluding hydrogens is 358 g/mol. The Bertz CT molecular complexity index is 876. The van der Waals surface area contributed by atoms with Crippen molar-refractivity contribution in [3.05, 3.63) is 58.0 Å². The Kier molecular flexibility index (Phi) is 6.36. The smallest absolute Gasteiger partial charge is 0.254 e. The maximum Gasteiger partial charge on any atom is 0.254 e. The van der Waals surface area contributed by atoms with E-state index in [4.69, 9.17) is 9.47 Å². The fourth-order valence-corrected chi connectivity index (χ4v) is 3.47. The number of anilines is 1. The molecule has 1 amide bonds. The lowest BCUT2D eigenvalue weighted by Gasteiger charge is -2.18. The van der Waals surface area contributed by atoms with Crippen molar-refractivity contribution in [2.75, 3.05) is 38.8 Å². The van der Waals surface area contributed by atoms with Crippen molar-refractivity contribution < 1.29 is 14.3 Å². The number of hydrogen-bond donors (Lipinski definition) is 1. The number of carbonyl (C=O) groups excluding carboxylic acids is 1. The molecule has 0 saturated carbocycles. The van der Waals surface area contributed by atoms with Crippen LogP contribution in [0.25, 0.3) is 0 Å². The highest BCUT2D eigenvalue weighted by Gasteiger charge is 2.22. The van der Waals surface area contributed by atoms with Crippen molar-refractivity contribution in [1.82, 2.24) is 9.88 Å². The number of rotatable bonds is 7. The molecule has 1 aliphatic rings. The van der Waals surface area contributed by atoms with Crippen molar-refractivity contribution in [2.45, 2.75) is 26.0 Å². The fraction of sp³-hybridized carbons (Fsp3) is 0.429. The molecule has 1 aromatic carbocycles. The lowest BCUT2D eigenvalue weighted by atomic mass is 10.2. The molecular formula is C21H27N3O4. The Morgan fingerprint density at radius 3 is 2.57 bits per heavy atom. The molecule has 28 heavy (non-hydrogen) atoms. The van der Waals surface area contributed by atoms with E-state index in [-0.39, 0.29) is 17.6 Å². The number of carbonyl (C=O) groups is 1. The highest BCUT2D eigenvalue weighted by molar-refractivity contribution is 5.94. The van der Waals surface area contributed by atoms with Crippen LogP contribution in [0.1, 0.15) is 22.5 Å². The van der Waals surface area contributed by atoms with Gasteiger partial charge in [-0.05, 0) is 43.7 Å². The van der Waals surface area contributed by atoms with Crippen LogP contribution >= 0.6 is 0 Å². The second-order valence-electron chi connectivity index (χ2n) is 6.92. The van der Waals surface area contributed by atoms with E-state index >= 15 is 0 Å². The third-order valence-corrected chi connectivity index (χ3v) is 5.14. The second kappa shape index (κ2) is 8.93. The zero-order valence-corrected chi connectivity index (χ0v) is 16.6. The van der Waals surface area contributed by atoms with Gasteiger partial charge in [-0.15, -0.1) is 0 Å². The zero-order valence-electron chi connectivity index (χ0n) is 16.6. The number of hydrogen-bond acceptors (Lipinski definition) is 5. The van der Waals surface area contributed by atoms with E-state index in [2.05, 4.69) is 10.2 Å². The number of amides is 1. The summed E-state index contributed by atoms with van der Waals surface area (Å²) in [5.74, 6) is 0.389. The molecule has 3 rings (SSSR count). The van der Waals surface area contributed by atoms with Crippen LogP contribution in [-0.2, 0) is 11.3 Å². The molecule has 0 aliphatic carbocycles. The van der Waals surface area contributed by atoms with E-state index < -0.39 is 0 Å². The third-order valence-electron chi connectivity index (χ3n) is 5.14. The molecule has 7 nitrogen and oxygen atoms in total. The van der Waals surface area contributed by atoms with Crippen LogP contribution in [0, 0.1) is 6.92 Å². The van der Waals surface area contributed by atoms with Gasteiger partial charge in [0.25, 0.3) is 11.5 Å². The molecule has 2 heterocycles. The third kappa shape index (κ3) is 4.54. The van der Waals surface area contributed by atoms with Gasteiger partial charge >= 0.3 is 0 Å². The van der Waals surface area contributed by atoms with Crippen LogP contribution in [0.2, 0.25) is 0 Å². The average Bonchev–Trinajstić information content (AvgIpc) is 3.19. The molecule has 2 aromatic rings. The van der Waals surface area contributed by atoms with Gasteiger partial charge in [-0.1, -0.05) is 0 Å². The number of methoxy groups -OCH3 is 2. The van der Waals surface area contributed by atoms with Gasteiger partial charge in [0.15, 0.2) is 0 Å². The Morgan fingerprint density at radius 2 is 1.96 bits per heavy atom. The van der Waals surface area contributed by atoms with Gasteiger partial charge in [-0.2, -0.15) is 0 Å². The van der Waals surface area contributed by atoms with E-state index in [0.29, 0.717) is 24.4 Å². The van der Waals surface area contributed by atoms with Gasteiger partial charge in [0, 0.05) is 56.3 Å². The maximum atomic E-state index is 12.4. The Morgan fingerprint density at radius 1 is 1.21 bits per heavy atom. The van der Waals surface area contributed by atoms with Crippen molar-refractivity contribution in [2.24, 2.45) is 0 Å². The van der Waals surface area contributed by atoms with Gasteiger partial charge in [-0.3, -0.25) is 9.59 Å². The van der Waals surface area contributed by atoms with Crippen LogP contribution in [-0.4, -0.2) is 50.4 Å². The van der Waals surface area contributed by atoms with Crippen LogP contribution < -0.4 is 20.5 Å². The van der Waals surface area contributed by atoms with Gasteiger partial charge in [0.05, 0.1) is 13.2 Å². The first-order valence-corrected chi connectivity index (χ1v) is 9.43. The van der Waals surface area contributed by atoms with Crippen LogP contribution in [0.4, 0.5) is 5.69 Å². The molecule has 1 saturated heterocycles. The molecule has 1 fully saturated rings. The Balaban J connectivity index is 1.55. The predicted molar refractivity (Wildman–Crippen MR) is 108 cm³/mol. The summed E-state index contributed by atoms with van der Waals surface area (Å²) in [5, 5.41) is 2.87. The summed E-state index contributed by atoms with van der Waals surface area (Å²) < 4.78 is 12.1. The first kappa shape index (κ1) is 19.9. The summed E-state index contributed by atoms with van der Waals surface area (Å²) in [6.45, 7) is 4.45. The average molecular weight is 385 g/mol. The maximum absolute atomic E-state index is 12.4. The van der Waals surface area contributed by atoms with Gasteiger partial charge in [0.1, 0.15) is 5.75 Å². The Hall–Kier alpha value is -2.80. The normalized spacial score (nSPS) is 16.2. The molecule has 1 unspecified atom stereocenters. The molecule has 1 aliphatic heterocycles. The van der Waals surface area contributed by atoms with E-state index in [9.17, 15) is 9.59 Å². The van der Waals surface area contributed by atoms with Gasteiger partial charge in [-0.25, -0.2) is 0 Å². The summed E-state index contributed by atoms with van der Waals surface area (Å²) >= 11 is 0. The molecule has 150 valence electrons. The van der Waals surface area contributed by atoms with Crippen molar-refractivity contribution in [3.63, 3.8) is 0 Å². The standard InChI is InChI=1S/C21H27N3O4/c1-15-12-19(28-3)13-20(25)24(15)11-9-22-21(26)16-4-6-17(7-5-16)23-10-8-18(14-23)27-2/h4-7,12-13,18H,8-11,14H2,1-3H3,(H,22,26). The van der Waals surface area contributed by atoms with E-state index in [1.165, 1.54) is 13.2 Å². The topological polar surface area (TPSA) is 72.8 Å². The summed E-state index contributed by atoms with van der Waals surface area (Å²) in [7, 11) is 3.27. The summed E-state index contributed by atoms with van der Waals surface area (Å²) in [4.78, 5) is 26.8. The van der Waals surface area contributed by atoms with Crippen LogP contribution in [0.15, 0.2) is 41.2 Å². The van der Waals surface area contributed by atoms with Gasteiger partial charge < -0.3 is 24.3 Å². The number of nitrogens with one attached hydrogen (secondary N) is 1. The molecule has 7 heteroatoms. The lowest BCUT2D eigenvalue weighted by molar-refractivity contribution is 0.0952. The number of pyridine rings is 1. The second-order valence-corrected chi connectivity index (χ2v) is 6.92. The number of nitrogens with zero attached hydrogens (tertiary/aromatic N) is 2. The van der Waals surface area contributed by atoms with Crippen molar-refractivity contribution in [1.29, 1.82) is 0 Å². The molecule has 0 radical (unpaired) electrons. The largest absolute Gasteiger partial charge is 0.496 e. The number of ether oxygens (including phenoxy) is 2.